The average Bonchev–Trinajstić information content (AvgIpc) is 3.52. The van der Waals surface area contributed by atoms with Crippen LogP contribution in [0, 0.1) is 5.82 Å². The summed E-state index contributed by atoms with van der Waals surface area (Å²) in [5.74, 6) is -0.217. The molecular weight excluding hydrogens is 487 g/mol. The van der Waals surface area contributed by atoms with Crippen molar-refractivity contribution >= 4 is 22.2 Å². The number of fused-ring (bicyclic) bond motifs is 1. The standard InChI is InChI=1S/C29H33FN4O2S/c1-2-26(22-6-4-3-5-7-22)28(35)33(15-14-32-16-18-36-19-17-32)13-12-25-21-37-29-31-27(20-34(25)29)23-8-10-24(30)11-9-23/h3-11,20-21,26H,2,12-19H2,1H3. The molecule has 1 unspecified atom stereocenters. The fourth-order valence-electron chi connectivity index (χ4n) is 4.90. The normalized spacial score (nSPS) is 15.2. The summed E-state index contributed by atoms with van der Waals surface area (Å²) in [5, 5.41) is 2.12. The molecule has 1 aliphatic heterocycles. The molecule has 37 heavy (non-hydrogen) atoms. The molecule has 3 heterocycles. The largest absolute Gasteiger partial charge is 0.379 e. The molecule has 1 saturated heterocycles. The van der Waals surface area contributed by atoms with E-state index in [1.54, 1.807) is 23.5 Å². The van der Waals surface area contributed by atoms with Crippen molar-refractivity contribution in [3.05, 3.63) is 83.2 Å². The molecule has 0 radical (unpaired) electrons. The zero-order chi connectivity index (χ0) is 25.6. The predicted molar refractivity (Wildman–Crippen MR) is 145 cm³/mol. The Balaban J connectivity index is 1.33. The third-order valence-corrected chi connectivity index (χ3v) is 7.96. The Morgan fingerprint density at radius 3 is 2.59 bits per heavy atom. The van der Waals surface area contributed by atoms with E-state index in [4.69, 9.17) is 9.72 Å². The Morgan fingerprint density at radius 1 is 1.11 bits per heavy atom. The molecule has 1 atom stereocenters. The Hall–Kier alpha value is -3.07. The lowest BCUT2D eigenvalue weighted by Crippen LogP contribution is -2.45. The molecule has 4 aromatic rings. The van der Waals surface area contributed by atoms with Crippen LogP contribution in [0.2, 0.25) is 0 Å². The zero-order valence-electron chi connectivity index (χ0n) is 21.2. The Labute approximate surface area is 221 Å². The number of hydrogen-bond donors (Lipinski definition) is 0. The molecule has 0 saturated carbocycles. The van der Waals surface area contributed by atoms with Crippen LogP contribution in [0.1, 0.15) is 30.5 Å². The van der Waals surface area contributed by atoms with Gasteiger partial charge in [0.05, 0.1) is 24.8 Å². The number of imidazole rings is 1. The molecule has 0 bridgehead atoms. The van der Waals surface area contributed by atoms with Gasteiger partial charge in [0.1, 0.15) is 5.82 Å². The highest BCUT2D eigenvalue weighted by molar-refractivity contribution is 7.15. The van der Waals surface area contributed by atoms with Gasteiger partial charge in [0, 0.05) is 62.0 Å². The predicted octanol–water partition coefficient (Wildman–Crippen LogP) is 5.10. The fourth-order valence-corrected chi connectivity index (χ4v) is 5.80. The van der Waals surface area contributed by atoms with E-state index < -0.39 is 0 Å². The van der Waals surface area contributed by atoms with E-state index in [2.05, 4.69) is 33.7 Å². The first-order valence-corrected chi connectivity index (χ1v) is 13.9. The maximum Gasteiger partial charge on any atom is 0.230 e. The van der Waals surface area contributed by atoms with E-state index in [0.717, 1.165) is 73.2 Å². The summed E-state index contributed by atoms with van der Waals surface area (Å²) in [6.45, 7) is 7.58. The van der Waals surface area contributed by atoms with E-state index >= 15 is 0 Å². The minimum atomic E-state index is -0.256. The van der Waals surface area contributed by atoms with Gasteiger partial charge in [-0.05, 0) is 36.2 Å². The molecule has 2 aromatic carbocycles. The van der Waals surface area contributed by atoms with E-state index in [1.807, 2.05) is 29.3 Å². The van der Waals surface area contributed by atoms with Crippen LogP contribution in [-0.2, 0) is 16.0 Å². The molecule has 6 nitrogen and oxygen atoms in total. The lowest BCUT2D eigenvalue weighted by molar-refractivity contribution is -0.133. The van der Waals surface area contributed by atoms with Crippen LogP contribution in [0.25, 0.3) is 16.2 Å². The Morgan fingerprint density at radius 2 is 1.86 bits per heavy atom. The summed E-state index contributed by atoms with van der Waals surface area (Å²) >= 11 is 1.59. The summed E-state index contributed by atoms with van der Waals surface area (Å²) in [7, 11) is 0. The van der Waals surface area contributed by atoms with E-state index in [9.17, 15) is 9.18 Å². The third kappa shape index (κ3) is 6.09. The third-order valence-electron chi connectivity index (χ3n) is 7.07. The molecule has 0 spiro atoms. The van der Waals surface area contributed by atoms with Gasteiger partial charge in [0.15, 0.2) is 4.96 Å². The van der Waals surface area contributed by atoms with Gasteiger partial charge >= 0.3 is 0 Å². The van der Waals surface area contributed by atoms with Crippen LogP contribution >= 0.6 is 11.3 Å². The number of nitrogens with zero attached hydrogens (tertiary/aromatic N) is 4. The SMILES string of the molecule is CCC(C(=O)N(CCc1csc2nc(-c3ccc(F)cc3)cn12)CCN1CCOCC1)c1ccccc1. The second-order valence-electron chi connectivity index (χ2n) is 9.41. The first-order valence-electron chi connectivity index (χ1n) is 13.0. The average molecular weight is 521 g/mol. The highest BCUT2D eigenvalue weighted by Crippen LogP contribution is 2.26. The molecule has 1 fully saturated rings. The van der Waals surface area contributed by atoms with Crippen LogP contribution in [0.15, 0.2) is 66.2 Å². The molecule has 5 rings (SSSR count). The van der Waals surface area contributed by atoms with Crippen molar-refractivity contribution in [3.63, 3.8) is 0 Å². The second kappa shape index (κ2) is 12.0. The summed E-state index contributed by atoms with van der Waals surface area (Å²) in [6, 6.07) is 16.5. The van der Waals surface area contributed by atoms with Crippen molar-refractivity contribution in [3.8, 4) is 11.3 Å². The molecular formula is C29H33FN4O2S. The maximum atomic E-state index is 13.8. The lowest BCUT2D eigenvalue weighted by atomic mass is 9.95. The molecule has 2 aromatic heterocycles. The number of halogens is 1. The number of benzene rings is 2. The molecule has 8 heteroatoms. The van der Waals surface area contributed by atoms with Crippen molar-refractivity contribution in [1.29, 1.82) is 0 Å². The number of hydrogen-bond acceptors (Lipinski definition) is 5. The van der Waals surface area contributed by atoms with Crippen LogP contribution in [0.5, 0.6) is 0 Å². The summed E-state index contributed by atoms with van der Waals surface area (Å²) in [4.78, 5) is 23.9. The summed E-state index contributed by atoms with van der Waals surface area (Å²) in [5.41, 5.74) is 3.91. The van der Waals surface area contributed by atoms with Crippen molar-refractivity contribution in [2.45, 2.75) is 25.7 Å². The smallest absolute Gasteiger partial charge is 0.230 e. The monoisotopic (exact) mass is 520 g/mol. The van der Waals surface area contributed by atoms with Crippen LogP contribution < -0.4 is 0 Å². The van der Waals surface area contributed by atoms with Gasteiger partial charge in [-0.1, -0.05) is 37.3 Å². The van der Waals surface area contributed by atoms with Gasteiger partial charge in [0.2, 0.25) is 5.91 Å². The number of carbonyl (C=O) groups is 1. The number of ether oxygens (including phenoxy) is 1. The van der Waals surface area contributed by atoms with Crippen molar-refractivity contribution < 1.29 is 13.9 Å². The molecule has 0 N–H and O–H groups in total. The molecule has 1 aliphatic rings. The van der Waals surface area contributed by atoms with Gasteiger partial charge in [-0.2, -0.15) is 0 Å². The summed E-state index contributed by atoms with van der Waals surface area (Å²) < 4.78 is 21.0. The van der Waals surface area contributed by atoms with Crippen LogP contribution in [0.4, 0.5) is 4.39 Å². The minimum absolute atomic E-state index is 0.147. The molecule has 1 amide bonds. The van der Waals surface area contributed by atoms with E-state index in [-0.39, 0.29) is 17.6 Å². The number of morpholine rings is 1. The first-order chi connectivity index (χ1) is 18.1. The van der Waals surface area contributed by atoms with Gasteiger partial charge < -0.3 is 9.64 Å². The van der Waals surface area contributed by atoms with Crippen LogP contribution in [0.3, 0.4) is 0 Å². The molecule has 194 valence electrons. The van der Waals surface area contributed by atoms with Crippen LogP contribution in [-0.4, -0.2) is 71.0 Å². The number of aromatic nitrogens is 2. The Kier molecular flexibility index (Phi) is 8.28. The van der Waals surface area contributed by atoms with Crippen molar-refractivity contribution in [1.82, 2.24) is 19.2 Å². The lowest BCUT2D eigenvalue weighted by Gasteiger charge is -2.32. The number of amides is 1. The topological polar surface area (TPSA) is 50.1 Å². The van der Waals surface area contributed by atoms with Crippen molar-refractivity contribution in [2.24, 2.45) is 0 Å². The van der Waals surface area contributed by atoms with E-state index in [1.165, 1.54) is 12.1 Å². The number of carbonyl (C=O) groups excluding carboxylic acids is 1. The number of rotatable bonds is 10. The molecule has 0 aliphatic carbocycles. The fraction of sp³-hybridized carbons (Fsp3) is 0.379. The highest BCUT2D eigenvalue weighted by atomic mass is 32.1. The zero-order valence-corrected chi connectivity index (χ0v) is 22.0. The van der Waals surface area contributed by atoms with Gasteiger partial charge in [-0.3, -0.25) is 14.1 Å². The maximum absolute atomic E-state index is 13.8. The minimum Gasteiger partial charge on any atom is -0.379 e. The van der Waals surface area contributed by atoms with E-state index in [0.29, 0.717) is 13.1 Å². The van der Waals surface area contributed by atoms with Crippen molar-refractivity contribution in [2.75, 3.05) is 45.9 Å². The van der Waals surface area contributed by atoms with Gasteiger partial charge in [0.25, 0.3) is 0 Å². The number of thiazole rings is 1. The van der Waals surface area contributed by atoms with Gasteiger partial charge in [-0.25, -0.2) is 9.37 Å². The van der Waals surface area contributed by atoms with Gasteiger partial charge in [-0.15, -0.1) is 11.3 Å². The second-order valence-corrected chi connectivity index (χ2v) is 10.3. The summed E-state index contributed by atoms with van der Waals surface area (Å²) in [6.07, 6.45) is 3.51. The highest BCUT2D eigenvalue weighted by Gasteiger charge is 2.25. The Bertz CT molecular complexity index is 1300. The first kappa shape index (κ1) is 25.6. The quantitative estimate of drug-likeness (QED) is 0.292.